The molecule has 4 nitrogen and oxygen atoms in total. The van der Waals surface area contributed by atoms with Crippen LogP contribution in [0.2, 0.25) is 0 Å². The SMILES string of the molecule is CNC(=O)C(NC(CCc1ccc(C(F)(F)F)nc1)c1ccc(F)c(C)c1)c1ccc(F)c(F)c1. The van der Waals surface area contributed by atoms with Gasteiger partial charge in [0.05, 0.1) is 0 Å². The highest BCUT2D eigenvalue weighted by Gasteiger charge is 2.32. The minimum Gasteiger partial charge on any atom is -0.358 e. The number of alkyl halides is 3. The van der Waals surface area contributed by atoms with Gasteiger partial charge in [-0.3, -0.25) is 15.1 Å². The number of rotatable bonds is 8. The summed E-state index contributed by atoms with van der Waals surface area (Å²) in [5.41, 5.74) is 0.648. The third-order valence-corrected chi connectivity index (χ3v) is 5.57. The van der Waals surface area contributed by atoms with Crippen molar-refractivity contribution in [3.05, 3.63) is 100 Å². The van der Waals surface area contributed by atoms with Crippen molar-refractivity contribution in [1.82, 2.24) is 15.6 Å². The Morgan fingerprint density at radius 1 is 0.943 bits per heavy atom. The lowest BCUT2D eigenvalue weighted by molar-refractivity contribution is -0.141. The fourth-order valence-electron chi connectivity index (χ4n) is 3.64. The largest absolute Gasteiger partial charge is 0.433 e. The van der Waals surface area contributed by atoms with Gasteiger partial charge in [0.1, 0.15) is 17.6 Å². The number of likely N-dealkylation sites (N-methyl/N-ethyl adjacent to an activating group) is 1. The van der Waals surface area contributed by atoms with Gasteiger partial charge in [0, 0.05) is 19.3 Å². The van der Waals surface area contributed by atoms with E-state index in [1.54, 1.807) is 13.0 Å². The number of carbonyl (C=O) groups is 1. The number of benzene rings is 2. The van der Waals surface area contributed by atoms with E-state index in [9.17, 15) is 31.1 Å². The Bertz CT molecular complexity index is 1180. The van der Waals surface area contributed by atoms with E-state index in [1.165, 1.54) is 31.3 Å². The minimum atomic E-state index is -4.56. The number of nitrogens with zero attached hydrogens (tertiary/aromatic N) is 1. The first-order chi connectivity index (χ1) is 16.5. The molecule has 2 aromatic carbocycles. The predicted molar refractivity (Wildman–Crippen MR) is 118 cm³/mol. The Hall–Kier alpha value is -3.40. The molecule has 3 rings (SSSR count). The van der Waals surface area contributed by atoms with Gasteiger partial charge < -0.3 is 5.32 Å². The fraction of sp³-hybridized carbons (Fsp3) is 0.280. The first-order valence-electron chi connectivity index (χ1n) is 10.7. The van der Waals surface area contributed by atoms with Crippen molar-refractivity contribution >= 4 is 5.91 Å². The van der Waals surface area contributed by atoms with E-state index in [0.29, 0.717) is 16.7 Å². The first kappa shape index (κ1) is 26.2. The van der Waals surface area contributed by atoms with E-state index in [-0.39, 0.29) is 18.4 Å². The fourth-order valence-corrected chi connectivity index (χ4v) is 3.64. The predicted octanol–water partition coefficient (Wildman–Crippen LogP) is 5.58. The number of carbonyl (C=O) groups excluding carboxylic acids is 1. The smallest absolute Gasteiger partial charge is 0.358 e. The molecule has 3 aromatic rings. The van der Waals surface area contributed by atoms with E-state index in [1.807, 2.05) is 0 Å². The maximum atomic E-state index is 13.9. The lowest BCUT2D eigenvalue weighted by Crippen LogP contribution is -2.38. The molecule has 10 heteroatoms. The average molecular weight is 495 g/mol. The van der Waals surface area contributed by atoms with Crippen molar-refractivity contribution in [3.8, 4) is 0 Å². The van der Waals surface area contributed by atoms with Crippen molar-refractivity contribution in [2.45, 2.75) is 38.0 Å². The molecule has 2 unspecified atom stereocenters. The van der Waals surface area contributed by atoms with Crippen LogP contribution in [-0.4, -0.2) is 17.9 Å². The molecule has 0 aliphatic heterocycles. The topological polar surface area (TPSA) is 54.0 Å². The summed E-state index contributed by atoms with van der Waals surface area (Å²) in [7, 11) is 1.39. The van der Waals surface area contributed by atoms with Gasteiger partial charge in [0.15, 0.2) is 11.6 Å². The number of hydrogen-bond acceptors (Lipinski definition) is 3. The molecule has 35 heavy (non-hydrogen) atoms. The summed E-state index contributed by atoms with van der Waals surface area (Å²) >= 11 is 0. The third kappa shape index (κ3) is 6.60. The van der Waals surface area contributed by atoms with Crippen molar-refractivity contribution in [2.75, 3.05) is 7.05 Å². The zero-order valence-electron chi connectivity index (χ0n) is 18.9. The molecule has 0 aliphatic carbocycles. The Kier molecular flexibility index (Phi) is 8.16. The molecule has 0 saturated heterocycles. The summed E-state index contributed by atoms with van der Waals surface area (Å²) in [4.78, 5) is 16.1. The minimum absolute atomic E-state index is 0.170. The molecule has 186 valence electrons. The number of aromatic nitrogens is 1. The zero-order valence-corrected chi connectivity index (χ0v) is 18.9. The van der Waals surface area contributed by atoms with Gasteiger partial charge in [-0.1, -0.05) is 24.3 Å². The molecule has 0 aliphatic rings. The Morgan fingerprint density at radius 3 is 2.20 bits per heavy atom. The van der Waals surface area contributed by atoms with Crippen LogP contribution in [0.5, 0.6) is 0 Å². The highest BCUT2D eigenvalue weighted by Crippen LogP contribution is 2.29. The normalized spacial score (nSPS) is 13.4. The molecule has 0 radical (unpaired) electrons. The van der Waals surface area contributed by atoms with Crippen LogP contribution in [-0.2, 0) is 17.4 Å². The molecule has 1 heterocycles. The maximum Gasteiger partial charge on any atom is 0.433 e. The quantitative estimate of drug-likeness (QED) is 0.402. The lowest BCUT2D eigenvalue weighted by atomic mass is 9.95. The van der Waals surface area contributed by atoms with Gasteiger partial charge >= 0.3 is 6.18 Å². The number of amides is 1. The molecule has 1 aromatic heterocycles. The van der Waals surface area contributed by atoms with Gasteiger partial charge in [0.2, 0.25) is 5.91 Å². The number of nitrogens with one attached hydrogen (secondary N) is 2. The van der Waals surface area contributed by atoms with Gasteiger partial charge in [-0.25, -0.2) is 13.2 Å². The first-order valence-corrected chi connectivity index (χ1v) is 10.7. The van der Waals surface area contributed by atoms with Crippen LogP contribution in [0, 0.1) is 24.4 Å². The summed E-state index contributed by atoms with van der Waals surface area (Å²) in [6.45, 7) is 1.57. The van der Waals surface area contributed by atoms with Gasteiger partial charge in [-0.15, -0.1) is 0 Å². The standard InChI is InChI=1S/C25H23F6N3O/c1-14-11-16(5-7-18(14)26)21(9-3-15-4-10-22(33-13-15)25(29,30)31)34-23(24(35)32-2)17-6-8-19(27)20(28)12-17/h4-8,10-13,21,23,34H,3,9H2,1-2H3,(H,32,35). The molecular weight excluding hydrogens is 472 g/mol. The summed E-state index contributed by atoms with van der Waals surface area (Å²) in [5, 5.41) is 5.59. The second-order valence-electron chi connectivity index (χ2n) is 8.04. The second kappa shape index (κ2) is 10.9. The monoisotopic (exact) mass is 495 g/mol. The van der Waals surface area contributed by atoms with Crippen molar-refractivity contribution in [1.29, 1.82) is 0 Å². The van der Waals surface area contributed by atoms with Crippen molar-refractivity contribution in [2.24, 2.45) is 0 Å². The van der Waals surface area contributed by atoms with Crippen LogP contribution in [0.1, 0.15) is 46.5 Å². The van der Waals surface area contributed by atoms with Crippen LogP contribution in [0.4, 0.5) is 26.3 Å². The summed E-state index contributed by atoms with van der Waals surface area (Å²) in [6, 6.07) is 8.00. The third-order valence-electron chi connectivity index (χ3n) is 5.57. The van der Waals surface area contributed by atoms with E-state index < -0.39 is 47.3 Å². The molecule has 0 spiro atoms. The van der Waals surface area contributed by atoms with E-state index >= 15 is 0 Å². The molecule has 2 N–H and O–H groups in total. The van der Waals surface area contributed by atoms with Gasteiger partial charge in [-0.05, 0) is 66.3 Å². The Morgan fingerprint density at radius 2 is 1.63 bits per heavy atom. The number of pyridine rings is 1. The highest BCUT2D eigenvalue weighted by molar-refractivity contribution is 5.83. The lowest BCUT2D eigenvalue weighted by Gasteiger charge is -2.26. The zero-order chi connectivity index (χ0) is 25.8. The second-order valence-corrected chi connectivity index (χ2v) is 8.04. The average Bonchev–Trinajstić information content (AvgIpc) is 2.82. The van der Waals surface area contributed by atoms with Crippen LogP contribution in [0.25, 0.3) is 0 Å². The van der Waals surface area contributed by atoms with Crippen molar-refractivity contribution < 1.29 is 31.1 Å². The molecule has 0 fully saturated rings. The molecule has 0 bridgehead atoms. The van der Waals surface area contributed by atoms with Crippen LogP contribution >= 0.6 is 0 Å². The van der Waals surface area contributed by atoms with E-state index in [2.05, 4.69) is 15.6 Å². The number of halogens is 6. The van der Waals surface area contributed by atoms with Gasteiger partial charge in [0.25, 0.3) is 0 Å². The molecule has 2 atom stereocenters. The van der Waals surface area contributed by atoms with Crippen LogP contribution in [0.3, 0.4) is 0 Å². The summed E-state index contributed by atoms with van der Waals surface area (Å²) in [5.74, 6) is -3.13. The van der Waals surface area contributed by atoms with Gasteiger partial charge in [-0.2, -0.15) is 13.2 Å². The van der Waals surface area contributed by atoms with Crippen LogP contribution < -0.4 is 10.6 Å². The highest BCUT2D eigenvalue weighted by atomic mass is 19.4. The van der Waals surface area contributed by atoms with Crippen LogP contribution in [0.15, 0.2) is 54.7 Å². The summed E-state index contributed by atoms with van der Waals surface area (Å²) < 4.78 is 79.6. The number of hydrogen-bond donors (Lipinski definition) is 2. The maximum absolute atomic E-state index is 13.9. The molecular formula is C25H23F6N3O. The molecule has 1 amide bonds. The van der Waals surface area contributed by atoms with Crippen molar-refractivity contribution in [3.63, 3.8) is 0 Å². The Balaban J connectivity index is 1.91. The summed E-state index contributed by atoms with van der Waals surface area (Å²) in [6.07, 6.45) is -2.87. The van der Waals surface area contributed by atoms with E-state index in [0.717, 1.165) is 24.4 Å². The number of aryl methyl sites for hydroxylation is 2. The van der Waals surface area contributed by atoms with E-state index in [4.69, 9.17) is 0 Å². The molecule has 0 saturated carbocycles. The Labute approximate surface area is 198 Å².